The molecular weight excluding hydrogens is 350 g/mol. The molecule has 1 fully saturated rings. The molecule has 1 saturated heterocycles. The third-order valence-electron chi connectivity index (χ3n) is 5.17. The molecule has 0 N–H and O–H groups in total. The van der Waals surface area contributed by atoms with E-state index in [0.29, 0.717) is 26.0 Å². The molecule has 2 atom stereocenters. The van der Waals surface area contributed by atoms with Gasteiger partial charge in [0.15, 0.2) is 0 Å². The molecule has 7 nitrogen and oxygen atoms in total. The van der Waals surface area contributed by atoms with Crippen LogP contribution in [0.3, 0.4) is 0 Å². The quantitative estimate of drug-likeness (QED) is 0.708. The largest absolute Gasteiger partial charge is 0.370 e. The van der Waals surface area contributed by atoms with Crippen LogP contribution >= 0.6 is 11.3 Å². The molecule has 0 aliphatic carbocycles. The van der Waals surface area contributed by atoms with E-state index in [1.54, 1.807) is 17.5 Å². The number of carbonyl (C=O) groups is 1. The number of amides is 1. The van der Waals surface area contributed by atoms with Crippen LogP contribution in [0, 0.1) is 0 Å². The molecule has 134 valence electrons. The zero-order valence-electron chi connectivity index (χ0n) is 14.2. The highest BCUT2D eigenvalue weighted by molar-refractivity contribution is 7.18. The summed E-state index contributed by atoms with van der Waals surface area (Å²) in [6.45, 7) is 1.93. The van der Waals surface area contributed by atoms with Crippen molar-refractivity contribution in [2.24, 2.45) is 0 Å². The fraction of sp³-hybridized carbons (Fsp3) is 0.444. The van der Waals surface area contributed by atoms with Gasteiger partial charge in [0.25, 0.3) is 0 Å². The Morgan fingerprint density at radius 3 is 3.19 bits per heavy atom. The van der Waals surface area contributed by atoms with Crippen molar-refractivity contribution < 1.29 is 9.53 Å². The number of ether oxygens (including phenoxy) is 1. The molecule has 2 aliphatic rings. The Labute approximate surface area is 154 Å². The number of carbonyl (C=O) groups excluding carboxylic acids is 1. The van der Waals surface area contributed by atoms with Gasteiger partial charge in [-0.1, -0.05) is 17.3 Å². The Kier molecular flexibility index (Phi) is 3.94. The maximum atomic E-state index is 12.7. The average Bonchev–Trinajstić information content (AvgIpc) is 3.32. The van der Waals surface area contributed by atoms with E-state index in [4.69, 9.17) is 4.74 Å². The van der Waals surface area contributed by atoms with Crippen LogP contribution in [-0.2, 0) is 22.6 Å². The predicted octanol–water partition coefficient (Wildman–Crippen LogP) is 2.19. The molecule has 0 spiro atoms. The van der Waals surface area contributed by atoms with Gasteiger partial charge in [0.2, 0.25) is 5.91 Å². The maximum absolute atomic E-state index is 12.7. The minimum Gasteiger partial charge on any atom is -0.370 e. The summed E-state index contributed by atoms with van der Waals surface area (Å²) in [5.41, 5.74) is 1.99. The predicted molar refractivity (Wildman–Crippen MR) is 96.8 cm³/mol. The molecule has 8 heteroatoms. The van der Waals surface area contributed by atoms with E-state index in [-0.39, 0.29) is 18.1 Å². The Bertz CT molecular complexity index is 919. The molecule has 0 unspecified atom stereocenters. The summed E-state index contributed by atoms with van der Waals surface area (Å²) < 4.78 is 9.02. The van der Waals surface area contributed by atoms with E-state index in [1.807, 2.05) is 27.8 Å². The van der Waals surface area contributed by atoms with Crippen molar-refractivity contribution in [3.63, 3.8) is 0 Å². The molecule has 0 saturated carbocycles. The van der Waals surface area contributed by atoms with Gasteiger partial charge in [-0.2, -0.15) is 0 Å². The van der Waals surface area contributed by atoms with Gasteiger partial charge in [-0.25, -0.2) is 9.67 Å². The molecule has 3 aromatic rings. The summed E-state index contributed by atoms with van der Waals surface area (Å²) in [4.78, 5) is 19.3. The van der Waals surface area contributed by atoms with E-state index < -0.39 is 0 Å². The first-order valence-corrected chi connectivity index (χ1v) is 9.72. The number of thiazole rings is 1. The molecule has 26 heavy (non-hydrogen) atoms. The first-order chi connectivity index (χ1) is 12.8. The van der Waals surface area contributed by atoms with Gasteiger partial charge < -0.3 is 9.64 Å². The number of likely N-dealkylation sites (tertiary alicyclic amines) is 1. The van der Waals surface area contributed by atoms with Crippen LogP contribution in [0.4, 0.5) is 0 Å². The second-order valence-electron chi connectivity index (χ2n) is 6.79. The molecule has 1 amide bonds. The number of fused-ring (bicyclic) bond motifs is 4. The molecule has 0 radical (unpaired) electrons. The SMILES string of the molecule is O=C(CCc1nc2ccccc2s1)N1CC[C@@H]2OCc3cnnn3[C@H]2C1. The third-order valence-corrected chi connectivity index (χ3v) is 6.27. The van der Waals surface area contributed by atoms with Crippen LogP contribution in [0.25, 0.3) is 10.2 Å². The molecule has 2 aromatic heterocycles. The fourth-order valence-electron chi connectivity index (χ4n) is 3.80. The minimum absolute atomic E-state index is 0.0707. The summed E-state index contributed by atoms with van der Waals surface area (Å²) in [5, 5.41) is 9.20. The standard InChI is InChI=1S/C18H19N5O2S/c24-18(6-5-17-20-13-3-1-2-4-16(13)26-17)22-8-7-15-14(10-22)23-12(11-25-15)9-19-21-23/h1-4,9,14-15H,5-8,10-11H2/t14-,15-/m0/s1. The Hall–Kier alpha value is -2.32. The number of benzene rings is 1. The topological polar surface area (TPSA) is 73.1 Å². The van der Waals surface area contributed by atoms with E-state index in [2.05, 4.69) is 21.4 Å². The van der Waals surface area contributed by atoms with Crippen molar-refractivity contribution in [3.8, 4) is 0 Å². The number of hydrogen-bond acceptors (Lipinski definition) is 6. The average molecular weight is 369 g/mol. The maximum Gasteiger partial charge on any atom is 0.223 e. The highest BCUT2D eigenvalue weighted by Gasteiger charge is 2.37. The Balaban J connectivity index is 1.25. The molecule has 0 bridgehead atoms. The number of hydrogen-bond donors (Lipinski definition) is 0. The van der Waals surface area contributed by atoms with Crippen molar-refractivity contribution in [2.75, 3.05) is 13.1 Å². The van der Waals surface area contributed by atoms with Crippen LogP contribution in [0.15, 0.2) is 30.5 Å². The van der Waals surface area contributed by atoms with Crippen LogP contribution < -0.4 is 0 Å². The van der Waals surface area contributed by atoms with E-state index >= 15 is 0 Å². The van der Waals surface area contributed by atoms with Gasteiger partial charge in [-0.15, -0.1) is 16.4 Å². The van der Waals surface area contributed by atoms with Crippen LogP contribution in [-0.4, -0.2) is 50.0 Å². The fourth-order valence-corrected chi connectivity index (χ4v) is 4.77. The molecule has 2 aliphatic heterocycles. The number of piperidine rings is 1. The van der Waals surface area contributed by atoms with Gasteiger partial charge in [0.05, 0.1) is 45.9 Å². The van der Waals surface area contributed by atoms with Crippen LogP contribution in [0.1, 0.15) is 29.6 Å². The normalized spacial score (nSPS) is 22.2. The number of rotatable bonds is 3. The lowest BCUT2D eigenvalue weighted by atomic mass is 10.00. The number of nitrogens with zero attached hydrogens (tertiary/aromatic N) is 5. The van der Waals surface area contributed by atoms with Gasteiger partial charge >= 0.3 is 0 Å². The molecule has 4 heterocycles. The van der Waals surface area contributed by atoms with Gasteiger partial charge in [-0.3, -0.25) is 4.79 Å². The second kappa shape index (κ2) is 6.44. The van der Waals surface area contributed by atoms with Gasteiger partial charge in [0.1, 0.15) is 0 Å². The lowest BCUT2D eigenvalue weighted by Gasteiger charge is -2.41. The zero-order valence-corrected chi connectivity index (χ0v) is 15.1. The number of aromatic nitrogens is 4. The Morgan fingerprint density at radius 1 is 1.35 bits per heavy atom. The monoisotopic (exact) mass is 369 g/mol. The summed E-state index contributed by atoms with van der Waals surface area (Å²) >= 11 is 1.67. The Morgan fingerprint density at radius 2 is 2.27 bits per heavy atom. The molecular formula is C18H19N5O2S. The van der Waals surface area contributed by atoms with Crippen molar-refractivity contribution >= 4 is 27.5 Å². The number of aryl methyl sites for hydroxylation is 1. The first-order valence-electron chi connectivity index (χ1n) is 8.91. The van der Waals surface area contributed by atoms with Crippen LogP contribution in [0.2, 0.25) is 0 Å². The minimum atomic E-state index is 0.0707. The van der Waals surface area contributed by atoms with E-state index in [0.717, 1.165) is 29.2 Å². The smallest absolute Gasteiger partial charge is 0.223 e. The van der Waals surface area contributed by atoms with Crippen molar-refractivity contribution in [3.05, 3.63) is 41.2 Å². The summed E-state index contributed by atoms with van der Waals surface area (Å²) in [5.74, 6) is 0.176. The van der Waals surface area contributed by atoms with Crippen molar-refractivity contribution in [1.82, 2.24) is 24.9 Å². The molecule has 5 rings (SSSR count). The second-order valence-corrected chi connectivity index (χ2v) is 7.91. The van der Waals surface area contributed by atoms with E-state index in [1.165, 1.54) is 4.70 Å². The van der Waals surface area contributed by atoms with Gasteiger partial charge in [-0.05, 0) is 18.6 Å². The van der Waals surface area contributed by atoms with E-state index in [9.17, 15) is 4.79 Å². The van der Waals surface area contributed by atoms with Crippen LogP contribution in [0.5, 0.6) is 0 Å². The first kappa shape index (κ1) is 15.9. The lowest BCUT2D eigenvalue weighted by Crippen LogP contribution is -2.49. The number of para-hydroxylation sites is 1. The van der Waals surface area contributed by atoms with Crippen molar-refractivity contribution in [2.45, 2.75) is 38.0 Å². The van der Waals surface area contributed by atoms with Gasteiger partial charge in [0, 0.05) is 25.9 Å². The third kappa shape index (κ3) is 2.79. The summed E-state index contributed by atoms with van der Waals surface area (Å²) in [6, 6.07) is 8.17. The lowest BCUT2D eigenvalue weighted by molar-refractivity contribution is -0.138. The highest BCUT2D eigenvalue weighted by atomic mass is 32.1. The molecule has 1 aromatic carbocycles. The summed E-state index contributed by atoms with van der Waals surface area (Å²) in [6.07, 6.45) is 3.88. The van der Waals surface area contributed by atoms with Crippen molar-refractivity contribution in [1.29, 1.82) is 0 Å². The zero-order chi connectivity index (χ0) is 17.5. The highest BCUT2D eigenvalue weighted by Crippen LogP contribution is 2.30. The summed E-state index contributed by atoms with van der Waals surface area (Å²) in [7, 11) is 0.